The predicted octanol–water partition coefficient (Wildman–Crippen LogP) is -5.95. The standard InChI is InChI=1S/C31H33ClN8O11S2.Na/c32-20-15(3-4-17(41)24(20)43)26(45)38-5-7-40(6-1-2-14(40)9-38)10-13-11-52-28-22(27(46)39(28)23(13)30(49)50)36-25(44)21(16-12-53-31(34)35-16)37-51-18(29(47)48)8-19(33)42;/h3-4,12,14,18,22,28H,1-2,5-11H2,(H8-,33,34,35,36,37,41,42,43,44,45,47,48,49,50);/q;+1/p-1/t14-,18-,22+,28+,40?;/m0./s1. The molecule has 3 fully saturated rings. The summed E-state index contributed by atoms with van der Waals surface area (Å²) in [5.74, 6) is -7.46. The molecule has 5 atom stereocenters. The maximum atomic E-state index is 13.5. The van der Waals surface area contributed by atoms with Crippen molar-refractivity contribution in [2.45, 2.75) is 42.8 Å². The first-order chi connectivity index (χ1) is 25.1. The third kappa shape index (κ3) is 7.84. The van der Waals surface area contributed by atoms with Crippen LogP contribution < -0.4 is 56.6 Å². The molecule has 1 unspecified atom stereocenters. The van der Waals surface area contributed by atoms with Gasteiger partial charge in [-0.1, -0.05) is 16.8 Å². The largest absolute Gasteiger partial charge is 1.00 e. The number of carboxylic acid groups (broad SMARTS) is 2. The van der Waals surface area contributed by atoms with Gasteiger partial charge < -0.3 is 61.0 Å². The van der Waals surface area contributed by atoms with Gasteiger partial charge in [-0.05, 0) is 12.1 Å². The average molecular weight is 815 g/mol. The molecule has 19 nitrogen and oxygen atoms in total. The summed E-state index contributed by atoms with van der Waals surface area (Å²) < 4.78 is 0.483. The van der Waals surface area contributed by atoms with E-state index in [0.717, 1.165) is 29.1 Å². The number of aliphatic carboxylic acids is 2. The van der Waals surface area contributed by atoms with Gasteiger partial charge >= 0.3 is 29.6 Å². The first-order valence-corrected chi connectivity index (χ1v) is 18.4. The number of phenolic OH excluding ortho intramolecular Hbond substituents is 2. The molecular weight excluding hydrogens is 783 g/mol. The quantitative estimate of drug-likeness (QED) is 0.0333. The molecule has 7 N–H and O–H groups in total. The van der Waals surface area contributed by atoms with Crippen molar-refractivity contribution in [3.63, 3.8) is 0 Å². The van der Waals surface area contributed by atoms with Crippen molar-refractivity contribution in [2.75, 3.05) is 44.2 Å². The smallest absolute Gasteiger partial charge is 0.546 e. The molecule has 4 aliphatic rings. The number of β-lactam (4-membered cyclic amide) rings is 1. The zero-order chi connectivity index (χ0) is 38.4. The van der Waals surface area contributed by atoms with Gasteiger partial charge in [0.1, 0.15) is 29.7 Å². The van der Waals surface area contributed by atoms with Gasteiger partial charge in [-0.25, -0.2) is 4.98 Å². The number of hydrogen-bond donors (Lipinski definition) is 5. The van der Waals surface area contributed by atoms with Crippen LogP contribution in [0.5, 0.6) is 11.5 Å². The molecule has 6 rings (SSSR count). The minimum atomic E-state index is -1.94. The molecule has 0 bridgehead atoms. The SMILES string of the molecule is NC(=O)C[C@H](O/N=C(\C(=O)N[C@@H]1C(=O)N2C(C(=O)[O-])=C(C[N+]34CCC[C@H]3CN(C(=O)c3ccc(O)c(O)c3Cl)CC4)CS[C@H]12)c1csc(N)n1)C(=O)[O-].[Na+]. The van der Waals surface area contributed by atoms with Gasteiger partial charge in [0.05, 0.1) is 60.8 Å². The summed E-state index contributed by atoms with van der Waals surface area (Å²) >= 11 is 8.32. The number of carbonyl (C=O) groups is 6. The second-order valence-electron chi connectivity index (χ2n) is 12.9. The summed E-state index contributed by atoms with van der Waals surface area (Å²) in [7, 11) is 0. The number of rotatable bonds is 12. The fourth-order valence-corrected chi connectivity index (χ4v) is 9.25. The molecule has 23 heteroatoms. The van der Waals surface area contributed by atoms with Crippen molar-refractivity contribution >= 4 is 81.1 Å². The predicted molar refractivity (Wildman–Crippen MR) is 182 cm³/mol. The Morgan fingerprint density at radius 1 is 1.20 bits per heavy atom. The topological polar surface area (TPSA) is 294 Å². The first kappa shape index (κ1) is 41.1. The number of nitrogens with zero attached hydrogens (tertiary/aromatic N) is 5. The Kier molecular flexibility index (Phi) is 12.4. The second kappa shape index (κ2) is 16.3. The van der Waals surface area contributed by atoms with Gasteiger partial charge in [0.25, 0.3) is 17.7 Å². The Morgan fingerprint density at radius 2 is 1.94 bits per heavy atom. The molecule has 3 saturated heterocycles. The van der Waals surface area contributed by atoms with Crippen molar-refractivity contribution < 1.29 is 88.1 Å². The van der Waals surface area contributed by atoms with E-state index in [1.807, 2.05) is 0 Å². The Labute approximate surface area is 341 Å². The number of oxime groups is 1. The number of anilines is 1. The number of nitrogens with one attached hydrogen (secondary N) is 1. The number of benzene rings is 1. The van der Waals surface area contributed by atoms with Crippen LogP contribution in [-0.4, -0.2) is 133 Å². The average Bonchev–Trinajstić information content (AvgIpc) is 3.73. The van der Waals surface area contributed by atoms with Crippen LogP contribution in [0.1, 0.15) is 35.3 Å². The van der Waals surface area contributed by atoms with E-state index in [1.165, 1.54) is 29.3 Å². The monoisotopic (exact) mass is 814 g/mol. The summed E-state index contributed by atoms with van der Waals surface area (Å²) in [5.41, 5.74) is 10.3. The maximum Gasteiger partial charge on any atom is 1.00 e. The minimum Gasteiger partial charge on any atom is -0.546 e. The van der Waals surface area contributed by atoms with Crippen molar-refractivity contribution in [1.29, 1.82) is 0 Å². The van der Waals surface area contributed by atoms with Crippen LogP contribution in [0.15, 0.2) is 33.9 Å². The van der Waals surface area contributed by atoms with Crippen LogP contribution >= 0.6 is 34.7 Å². The summed E-state index contributed by atoms with van der Waals surface area (Å²) in [5, 5.41) is 50.1. The number of halogens is 1. The van der Waals surface area contributed by atoms with Crippen LogP contribution in [-0.2, 0) is 28.8 Å². The Balaban J connectivity index is 0.00000561. The van der Waals surface area contributed by atoms with Crippen LogP contribution in [0.2, 0.25) is 5.02 Å². The molecule has 4 amide bonds. The van der Waals surface area contributed by atoms with E-state index in [-0.39, 0.29) is 75.0 Å². The van der Waals surface area contributed by atoms with Gasteiger partial charge in [0, 0.05) is 29.5 Å². The van der Waals surface area contributed by atoms with Crippen LogP contribution in [0, 0.1) is 0 Å². The molecule has 282 valence electrons. The minimum absolute atomic E-state index is 0. The van der Waals surface area contributed by atoms with Crippen molar-refractivity contribution in [3.8, 4) is 11.5 Å². The van der Waals surface area contributed by atoms with E-state index in [1.54, 1.807) is 4.90 Å². The number of aromatic hydroxyl groups is 2. The van der Waals surface area contributed by atoms with E-state index in [4.69, 9.17) is 27.9 Å². The third-order valence-electron chi connectivity index (χ3n) is 9.71. The number of thiazole rings is 1. The van der Waals surface area contributed by atoms with E-state index in [2.05, 4.69) is 15.5 Å². The fourth-order valence-electron chi connectivity index (χ4n) is 7.13. The summed E-state index contributed by atoms with van der Waals surface area (Å²) in [6.45, 7) is 2.11. The number of primary amides is 1. The molecule has 0 aliphatic carbocycles. The van der Waals surface area contributed by atoms with Crippen LogP contribution in [0.4, 0.5) is 5.13 Å². The Morgan fingerprint density at radius 3 is 2.59 bits per heavy atom. The number of thioether (sulfide) groups is 1. The third-order valence-corrected chi connectivity index (χ3v) is 12.1. The van der Waals surface area contributed by atoms with Gasteiger partial charge in [0.2, 0.25) is 5.91 Å². The van der Waals surface area contributed by atoms with E-state index < -0.39 is 76.7 Å². The number of carboxylic acids is 2. The fraction of sp³-hybridized carbons (Fsp3) is 0.419. The number of piperazine rings is 1. The second-order valence-corrected chi connectivity index (χ2v) is 15.2. The normalized spacial score (nSPS) is 24.1. The van der Waals surface area contributed by atoms with Gasteiger partial charge in [0.15, 0.2) is 28.4 Å². The number of nitrogen functional groups attached to an aromatic ring is 1. The van der Waals surface area contributed by atoms with Crippen LogP contribution in [0.25, 0.3) is 0 Å². The van der Waals surface area contributed by atoms with Crippen molar-refractivity contribution in [2.24, 2.45) is 10.9 Å². The summed E-state index contributed by atoms with van der Waals surface area (Å²) in [6.07, 6.45) is -1.18. The van der Waals surface area contributed by atoms with Crippen LogP contribution in [0.3, 0.4) is 0 Å². The number of carbonyl (C=O) groups excluding carboxylic acids is 6. The molecule has 4 aliphatic heterocycles. The maximum absolute atomic E-state index is 13.5. The van der Waals surface area contributed by atoms with E-state index in [0.29, 0.717) is 36.2 Å². The Bertz CT molecular complexity index is 1980. The van der Waals surface area contributed by atoms with Crippen molar-refractivity contribution in [1.82, 2.24) is 20.1 Å². The molecule has 1 aromatic carbocycles. The molecule has 5 heterocycles. The number of hydrogen-bond acceptors (Lipinski definition) is 16. The molecule has 0 spiro atoms. The first-order valence-electron chi connectivity index (χ1n) is 16.1. The number of aromatic nitrogens is 1. The summed E-state index contributed by atoms with van der Waals surface area (Å²) in [6, 6.07) is 1.24. The summed E-state index contributed by atoms with van der Waals surface area (Å²) in [4.78, 5) is 87.2. The number of nitrogens with two attached hydrogens (primary N) is 2. The number of quaternary nitrogens is 1. The van der Waals surface area contributed by atoms with Gasteiger partial charge in [-0.2, -0.15) is 0 Å². The Hall–Kier alpha value is -4.12. The molecular formula is C31H32ClN8NaO11S2. The molecule has 2 aromatic rings. The molecule has 0 saturated carbocycles. The molecule has 1 aromatic heterocycles. The van der Waals surface area contributed by atoms with Crippen molar-refractivity contribution in [3.05, 3.63) is 45.1 Å². The zero-order valence-electron chi connectivity index (χ0n) is 28.6. The van der Waals surface area contributed by atoms with Gasteiger partial charge in [-0.15, -0.1) is 23.1 Å². The zero-order valence-corrected chi connectivity index (χ0v) is 32.9. The molecule has 54 heavy (non-hydrogen) atoms. The number of fused-ring (bicyclic) bond motifs is 2. The van der Waals surface area contributed by atoms with E-state index >= 15 is 0 Å². The number of phenols is 2. The molecule has 0 radical (unpaired) electrons. The van der Waals surface area contributed by atoms with Gasteiger partial charge in [-0.3, -0.25) is 24.1 Å². The number of amides is 4. The van der Waals surface area contributed by atoms with E-state index in [9.17, 15) is 49.2 Å².